The zero-order chi connectivity index (χ0) is 21.1. The Labute approximate surface area is 173 Å². The molecule has 0 saturated carbocycles. The van der Waals surface area contributed by atoms with Crippen LogP contribution in [-0.4, -0.2) is 80.2 Å². The minimum atomic E-state index is -1.04. The number of ether oxygens (including phenoxy) is 2. The van der Waals surface area contributed by atoms with E-state index in [1.54, 1.807) is 14.2 Å². The van der Waals surface area contributed by atoms with Crippen molar-refractivity contribution in [3.63, 3.8) is 0 Å². The van der Waals surface area contributed by atoms with E-state index in [-0.39, 0.29) is 0 Å². The summed E-state index contributed by atoms with van der Waals surface area (Å²) in [7, 11) is 7.27. The fourth-order valence-corrected chi connectivity index (χ4v) is 3.62. The van der Waals surface area contributed by atoms with E-state index in [1.165, 1.54) is 22.2 Å². The number of tetrazole rings is 2. The van der Waals surface area contributed by atoms with Crippen molar-refractivity contribution in [1.82, 2.24) is 45.3 Å². The first-order chi connectivity index (χ1) is 14.6. The molecule has 0 amide bonds. The first-order valence-corrected chi connectivity index (χ1v) is 9.37. The highest BCUT2D eigenvalue weighted by Gasteiger charge is 2.44. The number of hydrogen-bond acceptors (Lipinski definition) is 9. The molecule has 11 heteroatoms. The smallest absolute Gasteiger partial charge is 0.225 e. The number of benzene rings is 2. The summed E-state index contributed by atoms with van der Waals surface area (Å²) in [6, 6.07) is 9.85. The van der Waals surface area contributed by atoms with Crippen LogP contribution < -0.4 is 9.47 Å². The monoisotopic (exact) mass is 409 g/mol. The molecule has 0 fully saturated rings. The summed E-state index contributed by atoms with van der Waals surface area (Å²) >= 11 is 0. The van der Waals surface area contributed by atoms with E-state index in [2.05, 4.69) is 35.7 Å². The van der Waals surface area contributed by atoms with E-state index >= 15 is 0 Å². The van der Waals surface area contributed by atoms with E-state index in [0.29, 0.717) is 18.7 Å². The van der Waals surface area contributed by atoms with Crippen LogP contribution in [0.2, 0.25) is 0 Å². The van der Waals surface area contributed by atoms with Crippen molar-refractivity contribution in [2.45, 2.75) is 12.1 Å². The predicted molar refractivity (Wildman–Crippen MR) is 108 cm³/mol. The van der Waals surface area contributed by atoms with Gasteiger partial charge in [-0.05, 0) is 48.1 Å². The average molecular weight is 409 g/mol. The summed E-state index contributed by atoms with van der Waals surface area (Å²) in [5, 5.41) is 26.9. The molecule has 2 heterocycles. The second kappa shape index (κ2) is 8.03. The fourth-order valence-electron chi connectivity index (χ4n) is 3.62. The highest BCUT2D eigenvalue weighted by molar-refractivity contribution is 5.90. The Morgan fingerprint density at radius 3 is 2.13 bits per heavy atom. The summed E-state index contributed by atoms with van der Waals surface area (Å²) < 4.78 is 11.3. The van der Waals surface area contributed by atoms with Crippen molar-refractivity contribution in [2.24, 2.45) is 0 Å². The molecule has 0 atom stereocenters. The number of rotatable bonds is 8. The number of methoxy groups -OCH3 is 2. The van der Waals surface area contributed by atoms with Crippen LogP contribution in [0.1, 0.15) is 12.0 Å². The Morgan fingerprint density at radius 2 is 1.60 bits per heavy atom. The van der Waals surface area contributed by atoms with Crippen LogP contribution in [0, 0.1) is 0 Å². The van der Waals surface area contributed by atoms with Gasteiger partial charge < -0.3 is 14.4 Å². The van der Waals surface area contributed by atoms with Crippen molar-refractivity contribution in [3.05, 3.63) is 48.5 Å². The minimum Gasteiger partial charge on any atom is -0.496 e. The number of fused-ring (bicyclic) bond motifs is 1. The Hall–Kier alpha value is -3.60. The summed E-state index contributed by atoms with van der Waals surface area (Å²) in [5.41, 5.74) is -0.261. The third-order valence-electron chi connectivity index (χ3n) is 5.08. The van der Waals surface area contributed by atoms with E-state index in [0.717, 1.165) is 22.1 Å². The molecule has 4 aromatic rings. The zero-order valence-corrected chi connectivity index (χ0v) is 17.3. The molecule has 2 aromatic carbocycles. The number of hydrogen-bond donors (Lipinski definition) is 0. The lowest BCUT2D eigenvalue weighted by Gasteiger charge is -2.33. The van der Waals surface area contributed by atoms with Gasteiger partial charge in [0.15, 0.2) is 12.7 Å². The highest BCUT2D eigenvalue weighted by atomic mass is 16.5. The number of aromatic nitrogens is 8. The van der Waals surface area contributed by atoms with Crippen LogP contribution in [0.3, 0.4) is 0 Å². The molecule has 2 aromatic heterocycles. The van der Waals surface area contributed by atoms with Gasteiger partial charge in [-0.25, -0.2) is 0 Å². The zero-order valence-electron chi connectivity index (χ0n) is 17.3. The lowest BCUT2D eigenvalue weighted by atomic mass is 9.92. The SMILES string of the molecule is COc1cc2c(OC)cccc2cc1C(CCN(C)C)(n1ncnn1)n1ncnn1. The molecule has 0 aliphatic heterocycles. The van der Waals surface area contributed by atoms with Gasteiger partial charge in [0.25, 0.3) is 0 Å². The second-order valence-corrected chi connectivity index (χ2v) is 7.05. The van der Waals surface area contributed by atoms with Crippen LogP contribution in [0.15, 0.2) is 43.0 Å². The van der Waals surface area contributed by atoms with Crippen molar-refractivity contribution >= 4 is 10.8 Å². The van der Waals surface area contributed by atoms with E-state index in [1.807, 2.05) is 44.4 Å². The van der Waals surface area contributed by atoms with Gasteiger partial charge in [-0.2, -0.15) is 0 Å². The van der Waals surface area contributed by atoms with Crippen molar-refractivity contribution in [3.8, 4) is 11.5 Å². The summed E-state index contributed by atoms with van der Waals surface area (Å²) in [4.78, 5) is 5.07. The molecule has 0 saturated heterocycles. The molecular weight excluding hydrogens is 386 g/mol. The van der Waals surface area contributed by atoms with Crippen LogP contribution in [-0.2, 0) is 5.66 Å². The third kappa shape index (κ3) is 3.22. The molecule has 0 bridgehead atoms. The minimum absolute atomic E-state index is 0.540. The van der Waals surface area contributed by atoms with Crippen LogP contribution >= 0.6 is 0 Å². The maximum atomic E-state index is 5.81. The molecule has 0 aliphatic rings. The third-order valence-corrected chi connectivity index (χ3v) is 5.08. The van der Waals surface area contributed by atoms with Crippen LogP contribution in [0.25, 0.3) is 10.8 Å². The quantitative estimate of drug-likeness (QED) is 0.421. The first-order valence-electron chi connectivity index (χ1n) is 9.37. The van der Waals surface area contributed by atoms with Gasteiger partial charge in [-0.15, -0.1) is 30.0 Å². The van der Waals surface area contributed by atoms with E-state index < -0.39 is 5.66 Å². The van der Waals surface area contributed by atoms with Gasteiger partial charge in [0, 0.05) is 23.9 Å². The maximum Gasteiger partial charge on any atom is 0.225 e. The molecule has 0 spiro atoms. The highest BCUT2D eigenvalue weighted by Crippen LogP contribution is 2.40. The molecule has 30 heavy (non-hydrogen) atoms. The lowest BCUT2D eigenvalue weighted by molar-refractivity contribution is 0.144. The van der Waals surface area contributed by atoms with Crippen molar-refractivity contribution < 1.29 is 9.47 Å². The van der Waals surface area contributed by atoms with Crippen molar-refractivity contribution in [1.29, 1.82) is 0 Å². The van der Waals surface area contributed by atoms with Gasteiger partial charge >= 0.3 is 0 Å². The molecule has 4 rings (SSSR count). The van der Waals surface area contributed by atoms with E-state index in [4.69, 9.17) is 9.47 Å². The normalized spacial score (nSPS) is 11.9. The molecule has 0 radical (unpaired) electrons. The second-order valence-electron chi connectivity index (χ2n) is 7.05. The molecule has 11 nitrogen and oxygen atoms in total. The molecular formula is C19H23N9O2. The lowest BCUT2D eigenvalue weighted by Crippen LogP contribution is -2.47. The summed E-state index contributed by atoms with van der Waals surface area (Å²) in [6.07, 6.45) is 3.31. The standard InChI is InChI=1S/C19H23N9O2/c1-26(2)9-8-19(27-22-12-20-24-27,28-23-13-21-25-28)16-10-14-6-5-7-17(29-3)15(14)11-18(16)30-4/h5-7,10-13H,8-9H2,1-4H3. The predicted octanol–water partition coefficient (Wildman–Crippen LogP) is 1.03. The molecule has 0 N–H and O–H groups in total. The van der Waals surface area contributed by atoms with Gasteiger partial charge in [-0.1, -0.05) is 12.1 Å². The molecule has 0 aliphatic carbocycles. The fraction of sp³-hybridized carbons (Fsp3) is 0.368. The Morgan fingerprint density at radius 1 is 0.933 bits per heavy atom. The first kappa shape index (κ1) is 19.7. The maximum absolute atomic E-state index is 5.81. The Bertz CT molecular complexity index is 1080. The van der Waals surface area contributed by atoms with Gasteiger partial charge in [0.1, 0.15) is 11.5 Å². The van der Waals surface area contributed by atoms with Crippen LogP contribution in [0.5, 0.6) is 11.5 Å². The van der Waals surface area contributed by atoms with Gasteiger partial charge in [0.2, 0.25) is 5.66 Å². The van der Waals surface area contributed by atoms with Gasteiger partial charge in [-0.3, -0.25) is 0 Å². The Kier molecular flexibility index (Phi) is 5.27. The summed E-state index contributed by atoms with van der Waals surface area (Å²) in [6.45, 7) is 0.697. The van der Waals surface area contributed by atoms with Gasteiger partial charge in [0.05, 0.1) is 14.2 Å². The molecule has 156 valence electrons. The Balaban J connectivity index is 2.05. The van der Waals surface area contributed by atoms with E-state index in [9.17, 15) is 0 Å². The van der Waals surface area contributed by atoms with Crippen LogP contribution in [0.4, 0.5) is 0 Å². The average Bonchev–Trinajstić information content (AvgIpc) is 3.48. The molecule has 0 unspecified atom stereocenters. The number of nitrogens with zero attached hydrogens (tertiary/aromatic N) is 9. The van der Waals surface area contributed by atoms with Crippen molar-refractivity contribution in [2.75, 3.05) is 34.9 Å². The largest absolute Gasteiger partial charge is 0.496 e. The summed E-state index contributed by atoms with van der Waals surface area (Å²) in [5.74, 6) is 1.38. The topological polar surface area (TPSA) is 109 Å².